The van der Waals surface area contributed by atoms with Crippen LogP contribution in [0.4, 0.5) is 20.4 Å². The van der Waals surface area contributed by atoms with Crippen LogP contribution in [-0.4, -0.2) is 29.6 Å². The highest BCUT2D eigenvalue weighted by atomic mass is 19.1. The molecule has 31 heavy (non-hydrogen) atoms. The molecule has 11 heteroatoms. The van der Waals surface area contributed by atoms with Gasteiger partial charge in [-0.2, -0.15) is 4.98 Å². The molecule has 0 radical (unpaired) electrons. The summed E-state index contributed by atoms with van der Waals surface area (Å²) in [4.78, 5) is 38.3. The van der Waals surface area contributed by atoms with Crippen molar-refractivity contribution in [2.75, 3.05) is 5.32 Å². The van der Waals surface area contributed by atoms with Crippen LogP contribution in [0.5, 0.6) is 0 Å². The van der Waals surface area contributed by atoms with Gasteiger partial charge in [-0.05, 0) is 36.6 Å². The van der Waals surface area contributed by atoms with Crippen LogP contribution in [-0.2, 0) is 0 Å². The number of hydrogen-bond acceptors (Lipinski definition) is 6. The van der Waals surface area contributed by atoms with E-state index >= 15 is 0 Å². The Morgan fingerprint density at radius 1 is 1.23 bits per heavy atom. The first-order valence-electron chi connectivity index (χ1n) is 9.51. The summed E-state index contributed by atoms with van der Waals surface area (Å²) < 4.78 is 29.7. The van der Waals surface area contributed by atoms with Gasteiger partial charge in [-0.25, -0.2) is 18.6 Å². The van der Waals surface area contributed by atoms with Crippen LogP contribution in [0.1, 0.15) is 36.1 Å². The van der Waals surface area contributed by atoms with Gasteiger partial charge in [0.1, 0.15) is 22.8 Å². The minimum Gasteiger partial charge on any atom is -0.388 e. The maximum Gasteiger partial charge on any atom is 0.328 e. The predicted octanol–water partition coefficient (Wildman–Crippen LogP) is 2.25. The molecule has 2 atom stereocenters. The number of rotatable bonds is 3. The fourth-order valence-corrected chi connectivity index (χ4v) is 4.02. The second kappa shape index (κ2) is 7.13. The molecule has 0 bridgehead atoms. The number of halogens is 2. The lowest BCUT2D eigenvalue weighted by Gasteiger charge is -2.29. The van der Waals surface area contributed by atoms with Gasteiger partial charge in [0.2, 0.25) is 5.95 Å². The molecular formula is C20H16F2N6O3. The molecule has 1 aliphatic rings. The Bertz CT molecular complexity index is 1430. The number of pyridine rings is 1. The molecule has 0 saturated heterocycles. The van der Waals surface area contributed by atoms with E-state index < -0.39 is 29.5 Å². The summed E-state index contributed by atoms with van der Waals surface area (Å²) in [5.74, 6) is -1.60. The van der Waals surface area contributed by atoms with Crippen molar-refractivity contribution >= 4 is 22.8 Å². The Morgan fingerprint density at radius 2 is 2.06 bits per heavy atom. The zero-order valence-corrected chi connectivity index (χ0v) is 15.9. The van der Waals surface area contributed by atoms with E-state index in [9.17, 15) is 23.5 Å². The molecule has 5 rings (SSSR count). The maximum absolute atomic E-state index is 14.4. The summed E-state index contributed by atoms with van der Waals surface area (Å²) in [5.41, 5.74) is -0.0145. The van der Waals surface area contributed by atoms with E-state index in [-0.39, 0.29) is 46.8 Å². The molecule has 0 aliphatic heterocycles. The summed E-state index contributed by atoms with van der Waals surface area (Å²) >= 11 is 0. The molecule has 4 N–H and O–H groups in total. The van der Waals surface area contributed by atoms with Crippen molar-refractivity contribution in [3.05, 3.63) is 80.3 Å². The fourth-order valence-electron chi connectivity index (χ4n) is 4.02. The Kier molecular flexibility index (Phi) is 4.40. The van der Waals surface area contributed by atoms with Crippen LogP contribution >= 0.6 is 0 Å². The normalized spacial score (nSPS) is 18.2. The van der Waals surface area contributed by atoms with E-state index in [4.69, 9.17) is 0 Å². The second-order valence-corrected chi connectivity index (χ2v) is 7.27. The van der Waals surface area contributed by atoms with Crippen LogP contribution in [0.2, 0.25) is 0 Å². The van der Waals surface area contributed by atoms with Crippen molar-refractivity contribution in [3.63, 3.8) is 0 Å². The van der Waals surface area contributed by atoms with Gasteiger partial charge < -0.3 is 20.4 Å². The quantitative estimate of drug-likeness (QED) is 0.398. The Balaban J connectivity index is 1.65. The number of imidazole rings is 1. The summed E-state index contributed by atoms with van der Waals surface area (Å²) in [6.07, 6.45) is 2.23. The van der Waals surface area contributed by atoms with E-state index in [0.29, 0.717) is 11.6 Å². The molecule has 1 aliphatic carbocycles. The molecule has 0 unspecified atom stereocenters. The van der Waals surface area contributed by atoms with Gasteiger partial charge >= 0.3 is 5.69 Å². The number of benzene rings is 1. The molecule has 3 aromatic heterocycles. The van der Waals surface area contributed by atoms with Crippen LogP contribution in [0.3, 0.4) is 0 Å². The topological polar surface area (TPSA) is 129 Å². The average molecular weight is 426 g/mol. The number of H-pyrrole nitrogens is 2. The summed E-state index contributed by atoms with van der Waals surface area (Å²) in [5, 5.41) is 13.0. The standard InChI is InChI=1S/C20H16F2N6O3/c21-9-6-10-14(3-4-15(29)16(10)11(22)7-9)28-17-13(26-20(28)31)8-24-19(27-17)25-12-2-1-5-23-18(12)30/h1-2,5-8,14-15,29H,3-4H2,(H,23,30)(H,26,31)(H,24,25,27)/t14-,15-/m1/s1. The van der Waals surface area contributed by atoms with Gasteiger partial charge in [0.15, 0.2) is 5.65 Å². The van der Waals surface area contributed by atoms with Crippen molar-refractivity contribution < 1.29 is 13.9 Å². The number of hydrogen-bond donors (Lipinski definition) is 4. The molecule has 4 aromatic rings. The number of aliphatic hydroxyl groups excluding tert-OH is 1. The van der Waals surface area contributed by atoms with Crippen LogP contribution in [0.15, 0.2) is 46.2 Å². The number of aromatic nitrogens is 5. The highest BCUT2D eigenvalue weighted by Gasteiger charge is 2.32. The summed E-state index contributed by atoms with van der Waals surface area (Å²) in [6.45, 7) is 0. The van der Waals surface area contributed by atoms with Crippen molar-refractivity contribution in [2.24, 2.45) is 0 Å². The minimum atomic E-state index is -1.09. The van der Waals surface area contributed by atoms with Gasteiger partial charge in [0.25, 0.3) is 5.56 Å². The molecule has 0 spiro atoms. The number of nitrogens with one attached hydrogen (secondary N) is 3. The SMILES string of the molecule is O=c1[nH]cccc1Nc1ncc2[nH]c(=O)n([C@@H]3CC[C@@H](O)c4c(F)cc(F)cc43)c2n1. The Hall–Kier alpha value is -3.86. The molecule has 3 heterocycles. The van der Waals surface area contributed by atoms with Gasteiger partial charge in [0.05, 0.1) is 18.3 Å². The van der Waals surface area contributed by atoms with E-state index in [1.807, 2.05) is 0 Å². The van der Waals surface area contributed by atoms with Crippen LogP contribution in [0.25, 0.3) is 11.2 Å². The third-order valence-electron chi connectivity index (χ3n) is 5.37. The molecule has 158 valence electrons. The number of aliphatic hydroxyl groups is 1. The zero-order valence-electron chi connectivity index (χ0n) is 15.9. The van der Waals surface area contributed by atoms with Crippen molar-refractivity contribution in [1.82, 2.24) is 24.5 Å². The monoisotopic (exact) mass is 426 g/mol. The largest absolute Gasteiger partial charge is 0.388 e. The number of anilines is 2. The molecule has 0 saturated carbocycles. The number of fused-ring (bicyclic) bond motifs is 2. The molecular weight excluding hydrogens is 410 g/mol. The van der Waals surface area contributed by atoms with Gasteiger partial charge in [-0.3, -0.25) is 9.36 Å². The third-order valence-corrected chi connectivity index (χ3v) is 5.37. The fraction of sp³-hybridized carbons (Fsp3) is 0.200. The lowest BCUT2D eigenvalue weighted by Crippen LogP contribution is -2.28. The Labute approximate surface area is 172 Å². The van der Waals surface area contributed by atoms with Gasteiger partial charge in [-0.1, -0.05) is 0 Å². The average Bonchev–Trinajstić information content (AvgIpc) is 3.05. The maximum atomic E-state index is 14.4. The van der Waals surface area contributed by atoms with E-state index in [0.717, 1.165) is 6.07 Å². The first kappa shape index (κ1) is 19.1. The minimum absolute atomic E-state index is 0.0258. The van der Waals surface area contributed by atoms with Gasteiger partial charge in [0, 0.05) is 17.8 Å². The highest BCUT2D eigenvalue weighted by Crippen LogP contribution is 2.40. The lowest BCUT2D eigenvalue weighted by molar-refractivity contribution is 0.142. The van der Waals surface area contributed by atoms with Crippen LogP contribution < -0.4 is 16.6 Å². The van der Waals surface area contributed by atoms with Crippen molar-refractivity contribution in [2.45, 2.75) is 25.0 Å². The van der Waals surface area contributed by atoms with E-state index in [1.165, 1.54) is 17.0 Å². The molecule has 0 amide bonds. The third kappa shape index (κ3) is 3.19. The first-order valence-corrected chi connectivity index (χ1v) is 9.51. The Morgan fingerprint density at radius 3 is 2.87 bits per heavy atom. The second-order valence-electron chi connectivity index (χ2n) is 7.27. The van der Waals surface area contributed by atoms with Gasteiger partial charge in [-0.15, -0.1) is 0 Å². The molecule has 0 fully saturated rings. The van der Waals surface area contributed by atoms with E-state index in [2.05, 4.69) is 25.3 Å². The summed E-state index contributed by atoms with van der Waals surface area (Å²) in [6, 6.07) is 4.26. The smallest absolute Gasteiger partial charge is 0.328 e. The summed E-state index contributed by atoms with van der Waals surface area (Å²) in [7, 11) is 0. The van der Waals surface area contributed by atoms with Crippen molar-refractivity contribution in [3.8, 4) is 0 Å². The molecule has 9 nitrogen and oxygen atoms in total. The predicted molar refractivity (Wildman–Crippen MR) is 107 cm³/mol. The van der Waals surface area contributed by atoms with Crippen molar-refractivity contribution in [1.29, 1.82) is 0 Å². The lowest BCUT2D eigenvalue weighted by atomic mass is 9.85. The molecule has 1 aromatic carbocycles. The van der Waals surface area contributed by atoms with E-state index in [1.54, 1.807) is 12.1 Å². The number of nitrogens with zero attached hydrogens (tertiary/aromatic N) is 3. The number of aromatic amines is 2. The van der Waals surface area contributed by atoms with Crippen LogP contribution in [0, 0.1) is 11.6 Å². The first-order chi connectivity index (χ1) is 14.9. The highest BCUT2D eigenvalue weighted by molar-refractivity contribution is 5.72. The zero-order chi connectivity index (χ0) is 21.7.